The smallest absolute Gasteiger partial charge is 0.335 e. The summed E-state index contributed by atoms with van der Waals surface area (Å²) < 4.78 is 22.6. The average Bonchev–Trinajstić information content (AvgIpc) is 3.92. The standard InChI is InChI=1S/2C16H22N2O2.C6H10O8/c2*1(13-3-6-17-10-13)2-14-9-16(12-18-11-14)20-15-4-7-19-8-5-15;7-1(3(9)5(11)12)2(8)4(10)6(13)14/h2*1-2,9,11-13,15,17H,3-8,10H2;1-4,7-10H,(H,11,12)(H,13,14)/b2*2-1+;/t2*13-;1-,2+,3+,4-/m00./s1. The first-order valence-electron chi connectivity index (χ1n) is 18.4. The summed E-state index contributed by atoms with van der Waals surface area (Å²) in [5.41, 5.74) is 2.22. The SMILES string of the molecule is C(=C\[C@H]1CCNC1)/c1cncc(OC2CCOCC2)c1.C(=C\[C@H]1CCNC1)/c1cncc(OC2CCOCC2)c1.O=C(O)[C@@H](O)[C@H](O)[C@H](O)[C@@H](O)C(=O)O. The van der Waals surface area contributed by atoms with Gasteiger partial charge in [0.25, 0.3) is 0 Å². The molecule has 0 aromatic carbocycles. The highest BCUT2D eigenvalue weighted by Gasteiger charge is 2.37. The number of carboxylic acid groups (broad SMARTS) is 2. The molecule has 6 heterocycles. The lowest BCUT2D eigenvalue weighted by Gasteiger charge is -2.23. The van der Waals surface area contributed by atoms with Crippen LogP contribution >= 0.6 is 0 Å². The number of carboxylic acids is 2. The van der Waals surface area contributed by atoms with Gasteiger partial charge in [-0.2, -0.15) is 0 Å². The van der Waals surface area contributed by atoms with Crippen LogP contribution in [0.5, 0.6) is 11.5 Å². The van der Waals surface area contributed by atoms with Gasteiger partial charge in [0.2, 0.25) is 0 Å². The quantitative estimate of drug-likeness (QED) is 0.143. The number of carbonyl (C=O) groups is 2. The van der Waals surface area contributed by atoms with Gasteiger partial charge in [-0.3, -0.25) is 9.97 Å². The number of rotatable bonds is 13. The third-order valence-corrected chi connectivity index (χ3v) is 9.23. The summed E-state index contributed by atoms with van der Waals surface area (Å²) in [5.74, 6) is -0.652. The van der Waals surface area contributed by atoms with Gasteiger partial charge in [-0.15, -0.1) is 0 Å². The van der Waals surface area contributed by atoms with E-state index in [1.807, 2.05) is 12.4 Å². The molecular weight excluding hydrogens is 704 g/mol. The molecule has 8 N–H and O–H groups in total. The molecule has 0 amide bonds. The second-order valence-corrected chi connectivity index (χ2v) is 13.5. The van der Waals surface area contributed by atoms with Crippen molar-refractivity contribution < 1.29 is 59.2 Å². The molecule has 4 saturated heterocycles. The van der Waals surface area contributed by atoms with Crippen molar-refractivity contribution >= 4 is 24.1 Å². The topological polar surface area (TPSA) is 242 Å². The first-order valence-corrected chi connectivity index (χ1v) is 18.4. The fourth-order valence-electron chi connectivity index (χ4n) is 6.00. The molecular formula is C38H54N4O12. The monoisotopic (exact) mass is 758 g/mol. The van der Waals surface area contributed by atoms with Crippen molar-refractivity contribution in [3.05, 3.63) is 60.2 Å². The van der Waals surface area contributed by atoms with Crippen LogP contribution in [0.15, 0.2) is 49.1 Å². The third-order valence-electron chi connectivity index (χ3n) is 9.23. The van der Waals surface area contributed by atoms with Crippen LogP contribution in [0, 0.1) is 11.8 Å². The number of nitrogens with one attached hydrogen (secondary N) is 2. The van der Waals surface area contributed by atoms with Crippen LogP contribution in [0.3, 0.4) is 0 Å². The van der Waals surface area contributed by atoms with Gasteiger partial charge in [-0.05, 0) is 61.0 Å². The third kappa shape index (κ3) is 15.0. The highest BCUT2D eigenvalue weighted by molar-refractivity contribution is 5.75. The minimum absolute atomic E-state index is 0.267. The predicted octanol–water partition coefficient (Wildman–Crippen LogP) is 1.12. The van der Waals surface area contributed by atoms with E-state index in [-0.39, 0.29) is 12.2 Å². The number of aliphatic hydroxyl groups is 4. The molecule has 4 aliphatic rings. The highest BCUT2D eigenvalue weighted by Crippen LogP contribution is 2.21. The molecule has 16 heteroatoms. The molecule has 0 aliphatic carbocycles. The van der Waals surface area contributed by atoms with Crippen molar-refractivity contribution in [1.82, 2.24) is 20.6 Å². The van der Waals surface area contributed by atoms with Gasteiger partial charge in [-0.25, -0.2) is 9.59 Å². The molecule has 0 saturated carbocycles. The summed E-state index contributed by atoms with van der Waals surface area (Å²) in [7, 11) is 0. The Hall–Kier alpha value is -4.00. The molecule has 6 rings (SSSR count). The van der Waals surface area contributed by atoms with Gasteiger partial charge < -0.3 is 60.2 Å². The van der Waals surface area contributed by atoms with E-state index in [0.29, 0.717) is 11.8 Å². The van der Waals surface area contributed by atoms with E-state index in [4.69, 9.17) is 49.6 Å². The Labute approximate surface area is 314 Å². The van der Waals surface area contributed by atoms with Crippen molar-refractivity contribution in [3.63, 3.8) is 0 Å². The van der Waals surface area contributed by atoms with E-state index >= 15 is 0 Å². The number of nitrogens with zero attached hydrogens (tertiary/aromatic N) is 2. The number of pyridine rings is 2. The van der Waals surface area contributed by atoms with Gasteiger partial charge >= 0.3 is 11.9 Å². The van der Waals surface area contributed by atoms with E-state index in [9.17, 15) is 9.59 Å². The van der Waals surface area contributed by atoms with Gasteiger partial charge in [0.05, 0.1) is 38.8 Å². The molecule has 0 bridgehead atoms. The van der Waals surface area contributed by atoms with E-state index in [1.54, 1.807) is 12.4 Å². The zero-order valence-electron chi connectivity index (χ0n) is 30.3. The van der Waals surface area contributed by atoms with Crippen LogP contribution in [-0.2, 0) is 19.1 Å². The molecule has 6 atom stereocenters. The molecule has 4 fully saturated rings. The summed E-state index contributed by atoms with van der Waals surface area (Å²) in [5, 5.41) is 58.2. The van der Waals surface area contributed by atoms with Crippen molar-refractivity contribution in [2.75, 3.05) is 52.6 Å². The molecule has 0 unspecified atom stereocenters. The Morgan fingerprint density at radius 1 is 0.648 bits per heavy atom. The zero-order valence-corrected chi connectivity index (χ0v) is 30.3. The first kappa shape index (κ1) is 42.7. The van der Waals surface area contributed by atoms with Crippen LogP contribution in [0.25, 0.3) is 12.2 Å². The van der Waals surface area contributed by atoms with Crippen LogP contribution < -0.4 is 20.1 Å². The molecule has 0 spiro atoms. The minimum Gasteiger partial charge on any atom is -0.489 e. The highest BCUT2D eigenvalue weighted by atomic mass is 16.5. The van der Waals surface area contributed by atoms with Gasteiger partial charge in [0, 0.05) is 51.2 Å². The fourth-order valence-corrected chi connectivity index (χ4v) is 6.00. The Morgan fingerprint density at radius 3 is 1.37 bits per heavy atom. The lowest BCUT2D eigenvalue weighted by molar-refractivity contribution is -0.172. The Balaban J connectivity index is 0.000000185. The van der Waals surface area contributed by atoms with E-state index in [0.717, 1.165) is 101 Å². The summed E-state index contributed by atoms with van der Waals surface area (Å²) >= 11 is 0. The normalized spacial score (nSPS) is 23.0. The van der Waals surface area contributed by atoms with E-state index < -0.39 is 36.4 Å². The maximum absolute atomic E-state index is 10.1. The lowest BCUT2D eigenvalue weighted by Crippen LogP contribution is -2.49. The van der Waals surface area contributed by atoms with Crippen LogP contribution in [0.1, 0.15) is 49.7 Å². The number of aromatic nitrogens is 2. The number of hydrogen-bond donors (Lipinski definition) is 8. The maximum Gasteiger partial charge on any atom is 0.335 e. The molecule has 0 radical (unpaired) electrons. The largest absolute Gasteiger partial charge is 0.489 e. The Bertz CT molecular complexity index is 1360. The van der Waals surface area contributed by atoms with E-state index in [1.165, 1.54) is 12.8 Å². The lowest BCUT2D eigenvalue weighted by atomic mass is 10.0. The number of aliphatic carboxylic acids is 2. The van der Waals surface area contributed by atoms with Crippen molar-refractivity contribution in [2.45, 2.75) is 75.1 Å². The number of ether oxygens (including phenoxy) is 4. The van der Waals surface area contributed by atoms with Gasteiger partial charge in [0.15, 0.2) is 12.2 Å². The first-order chi connectivity index (χ1) is 26.1. The van der Waals surface area contributed by atoms with Gasteiger partial charge in [-0.1, -0.05) is 24.3 Å². The summed E-state index contributed by atoms with van der Waals surface area (Å²) in [6.07, 6.45) is 13.8. The fraction of sp³-hybridized carbons (Fsp3) is 0.579. The van der Waals surface area contributed by atoms with Crippen molar-refractivity contribution in [1.29, 1.82) is 0 Å². The molecule has 2 aromatic rings. The number of hydrogen-bond acceptors (Lipinski definition) is 14. The molecule has 2 aromatic heterocycles. The predicted molar refractivity (Wildman–Crippen MR) is 197 cm³/mol. The van der Waals surface area contributed by atoms with Crippen molar-refractivity contribution in [3.8, 4) is 11.5 Å². The molecule has 16 nitrogen and oxygen atoms in total. The van der Waals surface area contributed by atoms with Gasteiger partial charge in [0.1, 0.15) is 35.9 Å². The second-order valence-electron chi connectivity index (χ2n) is 13.5. The zero-order chi connectivity index (χ0) is 38.7. The van der Waals surface area contributed by atoms with Crippen LogP contribution in [-0.4, -0.2) is 142 Å². The number of aliphatic hydroxyl groups excluding tert-OH is 4. The average molecular weight is 759 g/mol. The molecule has 54 heavy (non-hydrogen) atoms. The Kier molecular flexibility index (Phi) is 18.2. The maximum atomic E-state index is 10.1. The molecule has 4 aliphatic heterocycles. The summed E-state index contributed by atoms with van der Waals surface area (Å²) in [4.78, 5) is 28.7. The second kappa shape index (κ2) is 23.0. The Morgan fingerprint density at radius 2 is 1.04 bits per heavy atom. The van der Waals surface area contributed by atoms with Crippen LogP contribution in [0.2, 0.25) is 0 Å². The summed E-state index contributed by atoms with van der Waals surface area (Å²) in [6.45, 7) is 7.61. The minimum atomic E-state index is -2.36. The molecule has 298 valence electrons. The summed E-state index contributed by atoms with van der Waals surface area (Å²) in [6, 6.07) is 4.14. The van der Waals surface area contributed by atoms with Crippen LogP contribution in [0.4, 0.5) is 0 Å². The van der Waals surface area contributed by atoms with E-state index in [2.05, 4.69) is 57.0 Å². The van der Waals surface area contributed by atoms with Crippen molar-refractivity contribution in [2.24, 2.45) is 11.8 Å².